The molecule has 2 atom stereocenters. The number of carbonyl (C=O) groups is 3. The summed E-state index contributed by atoms with van der Waals surface area (Å²) >= 11 is 6.12. The minimum absolute atomic E-state index is 0.211. The van der Waals surface area contributed by atoms with Gasteiger partial charge in [-0.2, -0.15) is 0 Å². The van der Waals surface area contributed by atoms with Crippen molar-refractivity contribution < 1.29 is 33.0 Å². The van der Waals surface area contributed by atoms with Gasteiger partial charge in [-0.25, -0.2) is 9.59 Å². The molecule has 0 saturated carbocycles. The Morgan fingerprint density at radius 2 is 1.89 bits per heavy atom. The van der Waals surface area contributed by atoms with E-state index in [-0.39, 0.29) is 23.9 Å². The fourth-order valence-corrected chi connectivity index (χ4v) is 2.82. The molecule has 8 heteroatoms. The van der Waals surface area contributed by atoms with Crippen LogP contribution in [-0.2, 0) is 19.0 Å². The molecule has 28 heavy (non-hydrogen) atoms. The summed E-state index contributed by atoms with van der Waals surface area (Å²) in [6, 6.07) is 4.85. The number of furan rings is 1. The molecule has 2 unspecified atom stereocenters. The second kappa shape index (κ2) is 8.06. The summed E-state index contributed by atoms with van der Waals surface area (Å²) in [6.07, 6.45) is -0.0226. The highest BCUT2D eigenvalue weighted by Crippen LogP contribution is 2.36. The van der Waals surface area contributed by atoms with E-state index in [1.807, 2.05) is 6.92 Å². The molecule has 0 spiro atoms. The van der Waals surface area contributed by atoms with Crippen LogP contribution in [-0.4, -0.2) is 30.3 Å². The highest BCUT2D eigenvalue weighted by molar-refractivity contribution is 6.35. The summed E-state index contributed by atoms with van der Waals surface area (Å²) in [7, 11) is 0. The fourth-order valence-electron chi connectivity index (χ4n) is 2.55. The molecular weight excluding hydrogens is 388 g/mol. The van der Waals surface area contributed by atoms with Crippen molar-refractivity contribution in [2.24, 2.45) is 0 Å². The predicted molar refractivity (Wildman–Crippen MR) is 100 cm³/mol. The minimum Gasteiger partial charge on any atom is -0.463 e. The molecule has 148 valence electrons. The summed E-state index contributed by atoms with van der Waals surface area (Å²) in [4.78, 5) is 36.3. The van der Waals surface area contributed by atoms with Gasteiger partial charge >= 0.3 is 12.1 Å². The molecule has 2 aromatic rings. The van der Waals surface area contributed by atoms with E-state index in [9.17, 15) is 14.4 Å². The Bertz CT molecular complexity index is 972. The number of rotatable bonds is 7. The topological polar surface area (TPSA) is 92.0 Å². The average molecular weight is 407 g/mol. The van der Waals surface area contributed by atoms with Crippen molar-refractivity contribution >= 4 is 40.5 Å². The number of hydrogen-bond donors (Lipinski definition) is 0. The Labute approximate surface area is 166 Å². The van der Waals surface area contributed by atoms with Crippen LogP contribution in [0.15, 0.2) is 40.0 Å². The maximum Gasteiger partial charge on any atom is 0.511 e. The van der Waals surface area contributed by atoms with Gasteiger partial charge in [0.05, 0.1) is 11.3 Å². The van der Waals surface area contributed by atoms with Gasteiger partial charge in [-0.15, -0.1) is 0 Å². The first-order valence-electron chi connectivity index (χ1n) is 8.81. The lowest BCUT2D eigenvalue weighted by atomic mass is 10.1. The van der Waals surface area contributed by atoms with E-state index in [4.69, 9.17) is 30.2 Å². The van der Waals surface area contributed by atoms with Crippen LogP contribution >= 0.6 is 11.6 Å². The van der Waals surface area contributed by atoms with Gasteiger partial charge in [0, 0.05) is 35.4 Å². The number of esters is 1. The van der Waals surface area contributed by atoms with Crippen molar-refractivity contribution in [2.45, 2.75) is 46.0 Å². The largest absolute Gasteiger partial charge is 0.511 e. The SMILES string of the molecule is CCC(C)OC(=O)OC(C)OC(=O)C1=C(C(=O)c2cc(Cl)c3occc3c2)C1. The standard InChI is InChI=1S/C20H19ClO7/c1-4-10(2)26-20(24)28-11(3)27-19(23)15-9-14(15)17(22)13-7-12-5-6-25-18(12)16(21)8-13/h5-8,10-11H,4,9H2,1-3H3. The van der Waals surface area contributed by atoms with Crippen LogP contribution in [0.2, 0.25) is 5.02 Å². The molecule has 0 amide bonds. The quantitative estimate of drug-likeness (QED) is 0.370. The van der Waals surface area contributed by atoms with Crippen LogP contribution in [0.1, 0.15) is 44.0 Å². The molecule has 1 aliphatic rings. The van der Waals surface area contributed by atoms with Gasteiger partial charge in [0.15, 0.2) is 11.4 Å². The number of benzene rings is 1. The van der Waals surface area contributed by atoms with Crippen LogP contribution in [0.3, 0.4) is 0 Å². The van der Waals surface area contributed by atoms with Crippen LogP contribution in [0.4, 0.5) is 4.79 Å². The zero-order chi connectivity index (χ0) is 20.4. The Hall–Kier alpha value is -2.80. The van der Waals surface area contributed by atoms with E-state index in [0.29, 0.717) is 33.5 Å². The van der Waals surface area contributed by atoms with E-state index >= 15 is 0 Å². The Kier molecular flexibility index (Phi) is 5.74. The molecule has 0 fully saturated rings. The summed E-state index contributed by atoms with van der Waals surface area (Å²) in [5, 5.41) is 1.01. The average Bonchev–Trinajstić information content (AvgIpc) is 3.30. The number of halogens is 1. The normalized spacial score (nSPS) is 15.1. The van der Waals surface area contributed by atoms with Crippen LogP contribution in [0.5, 0.6) is 0 Å². The third kappa shape index (κ3) is 4.36. The molecule has 0 N–H and O–H groups in total. The lowest BCUT2D eigenvalue weighted by molar-refractivity contribution is -0.163. The molecule has 0 saturated heterocycles. The van der Waals surface area contributed by atoms with E-state index in [2.05, 4.69) is 0 Å². The van der Waals surface area contributed by atoms with Gasteiger partial charge < -0.3 is 18.6 Å². The van der Waals surface area contributed by atoms with E-state index < -0.39 is 18.4 Å². The van der Waals surface area contributed by atoms with Crippen molar-refractivity contribution in [3.05, 3.63) is 46.2 Å². The first-order chi connectivity index (χ1) is 13.3. The monoisotopic (exact) mass is 406 g/mol. The number of ether oxygens (including phenoxy) is 3. The van der Waals surface area contributed by atoms with E-state index in [1.54, 1.807) is 19.1 Å². The molecule has 3 rings (SSSR count). The summed E-state index contributed by atoms with van der Waals surface area (Å²) in [5.74, 6) is -1.01. The van der Waals surface area contributed by atoms with Crippen molar-refractivity contribution in [2.75, 3.05) is 0 Å². The number of carbonyl (C=O) groups excluding carboxylic acids is 3. The van der Waals surface area contributed by atoms with Gasteiger partial charge in [-0.3, -0.25) is 4.79 Å². The fraction of sp³-hybridized carbons (Fsp3) is 0.350. The van der Waals surface area contributed by atoms with Gasteiger partial charge in [0.25, 0.3) is 0 Å². The third-order valence-electron chi connectivity index (χ3n) is 4.29. The van der Waals surface area contributed by atoms with E-state index in [0.717, 1.165) is 0 Å². The number of hydrogen-bond acceptors (Lipinski definition) is 7. The first kappa shape index (κ1) is 19.9. The van der Waals surface area contributed by atoms with Crippen LogP contribution in [0, 0.1) is 0 Å². The zero-order valence-corrected chi connectivity index (χ0v) is 16.4. The van der Waals surface area contributed by atoms with Gasteiger partial charge in [-0.1, -0.05) is 18.5 Å². The van der Waals surface area contributed by atoms with E-state index in [1.165, 1.54) is 19.3 Å². The molecule has 1 aromatic carbocycles. The Morgan fingerprint density at radius 1 is 1.14 bits per heavy atom. The van der Waals surface area contributed by atoms with Crippen LogP contribution in [0.25, 0.3) is 11.0 Å². The molecule has 0 aliphatic heterocycles. The molecule has 1 aliphatic carbocycles. The molecule has 0 radical (unpaired) electrons. The number of ketones is 1. The maximum atomic E-state index is 12.6. The van der Waals surface area contributed by atoms with Gasteiger partial charge in [0.1, 0.15) is 6.10 Å². The molecule has 1 heterocycles. The molecule has 0 bridgehead atoms. The van der Waals surface area contributed by atoms with Gasteiger partial charge in [-0.05, 0) is 31.5 Å². The molecule has 1 aromatic heterocycles. The van der Waals surface area contributed by atoms with Crippen LogP contribution < -0.4 is 0 Å². The summed E-state index contributed by atoms with van der Waals surface area (Å²) in [5.41, 5.74) is 1.45. The molecule has 7 nitrogen and oxygen atoms in total. The minimum atomic E-state index is -1.13. The van der Waals surface area contributed by atoms with Crippen molar-refractivity contribution in [3.8, 4) is 0 Å². The van der Waals surface area contributed by atoms with Crippen molar-refractivity contribution in [1.29, 1.82) is 0 Å². The lowest BCUT2D eigenvalue weighted by Crippen LogP contribution is -2.24. The Morgan fingerprint density at radius 3 is 2.61 bits per heavy atom. The highest BCUT2D eigenvalue weighted by atomic mass is 35.5. The number of allylic oxidation sites excluding steroid dienone is 1. The molecular formula is C20H19ClO7. The van der Waals surface area contributed by atoms with Gasteiger partial charge in [0.2, 0.25) is 6.29 Å². The number of fused-ring (bicyclic) bond motifs is 1. The van der Waals surface area contributed by atoms with Crippen molar-refractivity contribution in [3.63, 3.8) is 0 Å². The number of Topliss-reactive ketones (excluding diaryl/α,β-unsaturated/α-hetero) is 1. The summed E-state index contributed by atoms with van der Waals surface area (Å²) in [6.45, 7) is 4.97. The highest BCUT2D eigenvalue weighted by Gasteiger charge is 2.36. The predicted octanol–water partition coefficient (Wildman–Crippen LogP) is 4.81. The first-order valence-corrected chi connectivity index (χ1v) is 9.19. The second-order valence-corrected chi connectivity index (χ2v) is 6.84. The third-order valence-corrected chi connectivity index (χ3v) is 4.57. The van der Waals surface area contributed by atoms with Crippen molar-refractivity contribution in [1.82, 2.24) is 0 Å². The lowest BCUT2D eigenvalue weighted by Gasteiger charge is -2.15. The zero-order valence-electron chi connectivity index (χ0n) is 15.6. The smallest absolute Gasteiger partial charge is 0.463 e. The maximum absolute atomic E-state index is 12.6. The second-order valence-electron chi connectivity index (χ2n) is 6.44. The Balaban J connectivity index is 1.61. The summed E-state index contributed by atoms with van der Waals surface area (Å²) < 4.78 is 20.1.